The summed E-state index contributed by atoms with van der Waals surface area (Å²) in [5.74, 6) is -0.499. The maximum absolute atomic E-state index is 14.9. The number of nitrogens with zero attached hydrogens (tertiary/aromatic N) is 1. The van der Waals surface area contributed by atoms with Crippen molar-refractivity contribution in [2.24, 2.45) is 0 Å². The number of hydrogen-bond donors (Lipinski definition) is 3. The molecule has 1 heterocycles. The number of benzene rings is 2. The van der Waals surface area contributed by atoms with Crippen molar-refractivity contribution in [3.63, 3.8) is 0 Å². The lowest BCUT2D eigenvalue weighted by Crippen LogP contribution is -2.24. The molecule has 9 heteroatoms. The number of nitrogens with one attached hydrogen (secondary N) is 2. The van der Waals surface area contributed by atoms with Crippen LogP contribution in [-0.2, 0) is 6.54 Å². The number of aryl methyl sites for hydroxylation is 2. The van der Waals surface area contributed by atoms with Crippen LogP contribution in [0.4, 0.5) is 10.1 Å². The Labute approximate surface area is 170 Å². The zero-order valence-electron chi connectivity index (χ0n) is 15.1. The molecule has 2 aromatic carbocycles. The Morgan fingerprint density at radius 1 is 1.29 bits per heavy atom. The molecule has 0 aliphatic carbocycles. The summed E-state index contributed by atoms with van der Waals surface area (Å²) in [4.78, 5) is 18.9. The predicted octanol–water partition coefficient (Wildman–Crippen LogP) is 4.78. The number of amides is 1. The average Bonchev–Trinajstić information content (AvgIpc) is 2.95. The van der Waals surface area contributed by atoms with Crippen LogP contribution in [0.25, 0.3) is 0 Å². The highest BCUT2D eigenvalue weighted by Crippen LogP contribution is 2.35. The first-order chi connectivity index (χ1) is 13.2. The number of anilines is 1. The molecule has 0 atom stereocenters. The maximum Gasteiger partial charge on any atom is 0.273 e. The molecule has 0 saturated carbocycles. The molecule has 28 heavy (non-hydrogen) atoms. The van der Waals surface area contributed by atoms with E-state index in [1.165, 1.54) is 12.1 Å². The number of aromatic nitrogens is 2. The summed E-state index contributed by atoms with van der Waals surface area (Å²) in [7, 11) is 0. The minimum Gasteiger partial charge on any atom is -0.453 e. The number of nitrogens with two attached hydrogens (primary N) is 1. The summed E-state index contributed by atoms with van der Waals surface area (Å²) < 4.78 is 20.5. The molecule has 0 aliphatic rings. The number of rotatable bonds is 5. The normalized spacial score (nSPS) is 10.8. The summed E-state index contributed by atoms with van der Waals surface area (Å²) >= 11 is 12.0. The van der Waals surface area contributed by atoms with Crippen molar-refractivity contribution in [3.8, 4) is 11.5 Å². The number of H-pyrrole nitrogens is 1. The van der Waals surface area contributed by atoms with Crippen molar-refractivity contribution in [1.29, 1.82) is 0 Å². The van der Waals surface area contributed by atoms with Gasteiger partial charge in [0.05, 0.1) is 5.02 Å². The number of carbonyl (C=O) groups is 1. The second-order valence-corrected chi connectivity index (χ2v) is 6.98. The molecular formula is C19H17Cl2FN4O2. The average molecular weight is 423 g/mol. The van der Waals surface area contributed by atoms with Crippen molar-refractivity contribution in [3.05, 3.63) is 69.0 Å². The molecule has 1 amide bonds. The van der Waals surface area contributed by atoms with Crippen LogP contribution in [0, 0.1) is 19.7 Å². The van der Waals surface area contributed by atoms with Gasteiger partial charge in [-0.1, -0.05) is 29.3 Å². The Bertz CT molecular complexity index is 1030. The Morgan fingerprint density at radius 3 is 2.68 bits per heavy atom. The zero-order valence-corrected chi connectivity index (χ0v) is 16.6. The van der Waals surface area contributed by atoms with Crippen LogP contribution in [0.1, 0.15) is 27.4 Å². The third-order valence-electron chi connectivity index (χ3n) is 3.85. The van der Waals surface area contributed by atoms with Gasteiger partial charge in [0.2, 0.25) is 0 Å². The van der Waals surface area contributed by atoms with Gasteiger partial charge < -0.3 is 20.8 Å². The van der Waals surface area contributed by atoms with E-state index in [2.05, 4.69) is 15.3 Å². The van der Waals surface area contributed by atoms with Crippen LogP contribution < -0.4 is 15.8 Å². The van der Waals surface area contributed by atoms with E-state index < -0.39 is 11.7 Å². The third kappa shape index (κ3) is 4.37. The molecule has 0 radical (unpaired) electrons. The molecule has 0 saturated heterocycles. The molecule has 0 fully saturated rings. The van der Waals surface area contributed by atoms with Crippen molar-refractivity contribution in [2.45, 2.75) is 20.4 Å². The molecule has 3 rings (SSSR count). The van der Waals surface area contributed by atoms with Crippen molar-refractivity contribution >= 4 is 34.8 Å². The second-order valence-electron chi connectivity index (χ2n) is 6.20. The van der Waals surface area contributed by atoms with Gasteiger partial charge in [0.25, 0.3) is 5.91 Å². The third-order valence-corrected chi connectivity index (χ3v) is 4.43. The van der Waals surface area contributed by atoms with E-state index >= 15 is 0 Å². The fourth-order valence-electron chi connectivity index (χ4n) is 2.63. The van der Waals surface area contributed by atoms with E-state index in [0.29, 0.717) is 17.3 Å². The Hall–Kier alpha value is -2.77. The van der Waals surface area contributed by atoms with E-state index in [9.17, 15) is 9.18 Å². The van der Waals surface area contributed by atoms with Crippen molar-refractivity contribution < 1.29 is 13.9 Å². The van der Waals surface area contributed by atoms with E-state index in [-0.39, 0.29) is 33.7 Å². The number of nitrogen functional groups attached to an aromatic ring is 1. The largest absolute Gasteiger partial charge is 0.453 e. The molecular weight excluding hydrogens is 406 g/mol. The van der Waals surface area contributed by atoms with Crippen LogP contribution in [0.5, 0.6) is 11.5 Å². The topological polar surface area (TPSA) is 93.0 Å². The number of ether oxygens (including phenoxy) is 1. The number of aromatic amines is 1. The molecule has 1 aromatic heterocycles. The van der Waals surface area contributed by atoms with E-state index in [1.54, 1.807) is 25.1 Å². The fraction of sp³-hybridized carbons (Fsp3) is 0.158. The highest BCUT2D eigenvalue weighted by molar-refractivity contribution is 6.32. The van der Waals surface area contributed by atoms with Gasteiger partial charge in [-0.2, -0.15) is 0 Å². The van der Waals surface area contributed by atoms with E-state index in [4.69, 9.17) is 33.7 Å². The highest BCUT2D eigenvalue weighted by atomic mass is 35.5. The Kier molecular flexibility index (Phi) is 5.76. The Morgan fingerprint density at radius 2 is 2.04 bits per heavy atom. The first kappa shape index (κ1) is 20.0. The SMILES string of the molecule is Cc1cc(N)cc(Oc2c(Cl)ccc(CNC(=O)c3nc(C)[nH]c3Cl)c2F)c1. The molecule has 4 N–H and O–H groups in total. The van der Waals surface area contributed by atoms with Gasteiger partial charge in [0, 0.05) is 23.9 Å². The van der Waals surface area contributed by atoms with Crippen LogP contribution in [-0.4, -0.2) is 15.9 Å². The summed E-state index contributed by atoms with van der Waals surface area (Å²) in [6.45, 7) is 3.41. The van der Waals surface area contributed by atoms with Crippen molar-refractivity contribution in [1.82, 2.24) is 15.3 Å². The van der Waals surface area contributed by atoms with E-state index in [0.717, 1.165) is 5.56 Å². The van der Waals surface area contributed by atoms with Gasteiger partial charge in [-0.05, 0) is 37.6 Å². The van der Waals surface area contributed by atoms with Gasteiger partial charge in [-0.3, -0.25) is 4.79 Å². The molecule has 146 valence electrons. The lowest BCUT2D eigenvalue weighted by atomic mass is 10.2. The van der Waals surface area contributed by atoms with E-state index in [1.807, 2.05) is 6.92 Å². The monoisotopic (exact) mass is 422 g/mol. The highest BCUT2D eigenvalue weighted by Gasteiger charge is 2.18. The van der Waals surface area contributed by atoms with Crippen LogP contribution >= 0.6 is 23.2 Å². The van der Waals surface area contributed by atoms with Crippen LogP contribution in [0.3, 0.4) is 0 Å². The van der Waals surface area contributed by atoms with Gasteiger partial charge in [0.1, 0.15) is 16.7 Å². The first-order valence-corrected chi connectivity index (χ1v) is 9.02. The molecule has 3 aromatic rings. The summed E-state index contributed by atoms with van der Waals surface area (Å²) in [5.41, 5.74) is 7.38. The smallest absolute Gasteiger partial charge is 0.273 e. The van der Waals surface area contributed by atoms with Gasteiger partial charge in [-0.25, -0.2) is 9.37 Å². The predicted molar refractivity (Wildman–Crippen MR) is 107 cm³/mol. The second kappa shape index (κ2) is 8.08. The van der Waals surface area contributed by atoms with Crippen LogP contribution in [0.2, 0.25) is 10.2 Å². The number of hydrogen-bond acceptors (Lipinski definition) is 4. The molecule has 0 bridgehead atoms. The number of carbonyl (C=O) groups excluding carboxylic acids is 1. The first-order valence-electron chi connectivity index (χ1n) is 8.27. The van der Waals surface area contributed by atoms with Gasteiger partial charge in [0.15, 0.2) is 17.3 Å². The lowest BCUT2D eigenvalue weighted by Gasteiger charge is -2.13. The van der Waals surface area contributed by atoms with Gasteiger partial charge in [-0.15, -0.1) is 0 Å². The minimum absolute atomic E-state index is 0.0419. The molecule has 0 aliphatic heterocycles. The lowest BCUT2D eigenvalue weighted by molar-refractivity contribution is 0.0946. The zero-order chi connectivity index (χ0) is 20.4. The molecule has 6 nitrogen and oxygen atoms in total. The summed E-state index contributed by atoms with van der Waals surface area (Å²) in [6.07, 6.45) is 0. The minimum atomic E-state index is -0.683. The fourth-order valence-corrected chi connectivity index (χ4v) is 3.08. The maximum atomic E-state index is 14.9. The number of imidazole rings is 1. The summed E-state index contributed by atoms with van der Waals surface area (Å²) in [5, 5.41) is 2.79. The number of halogens is 3. The molecule has 0 unspecified atom stereocenters. The Balaban J connectivity index is 1.80. The molecule has 0 spiro atoms. The standard InChI is InChI=1S/C19H17Cl2FN4O2/c1-9-5-12(23)7-13(6-9)28-17-14(20)4-3-11(15(17)22)8-24-19(27)16-18(21)26-10(2)25-16/h3-7H,8,23H2,1-2H3,(H,24,27)(H,25,26). The quantitative estimate of drug-likeness (QED) is 0.515. The van der Waals surface area contributed by atoms with Crippen LogP contribution in [0.15, 0.2) is 30.3 Å². The van der Waals surface area contributed by atoms with Gasteiger partial charge >= 0.3 is 0 Å². The van der Waals surface area contributed by atoms with Crippen molar-refractivity contribution in [2.75, 3.05) is 5.73 Å². The summed E-state index contributed by atoms with van der Waals surface area (Å²) in [6, 6.07) is 8.00.